The molecule has 0 fully saturated rings. The van der Waals surface area contributed by atoms with E-state index in [2.05, 4.69) is 27.7 Å². The van der Waals surface area contributed by atoms with Gasteiger partial charge in [-0.1, -0.05) is 53.9 Å². The summed E-state index contributed by atoms with van der Waals surface area (Å²) in [4.78, 5) is 12.8. The van der Waals surface area contributed by atoms with Gasteiger partial charge >= 0.3 is 8.80 Å². The minimum atomic E-state index is -2.78. The molecule has 0 amide bonds. The lowest BCUT2D eigenvalue weighted by Crippen LogP contribution is -2.48. The van der Waals surface area contributed by atoms with Crippen LogP contribution in [0.15, 0.2) is 0 Å². The molecule has 144 valence electrons. The second-order valence-electron chi connectivity index (χ2n) is 6.70. The van der Waals surface area contributed by atoms with Crippen molar-refractivity contribution in [1.82, 2.24) is 0 Å². The Morgan fingerprint density at radius 1 is 0.917 bits per heavy atom. The van der Waals surface area contributed by atoms with Gasteiger partial charge in [0.1, 0.15) is 0 Å². The van der Waals surface area contributed by atoms with Crippen LogP contribution in [0, 0.1) is 5.92 Å². The Labute approximate surface area is 150 Å². The fourth-order valence-electron chi connectivity index (χ4n) is 3.30. The van der Waals surface area contributed by atoms with Crippen molar-refractivity contribution in [2.24, 2.45) is 5.92 Å². The highest BCUT2D eigenvalue weighted by atomic mass is 28.4. The number of hydrogen-bond acceptors (Lipinski definition) is 5. The van der Waals surface area contributed by atoms with E-state index in [-0.39, 0.29) is 11.9 Å². The van der Waals surface area contributed by atoms with Gasteiger partial charge in [-0.15, -0.1) is 0 Å². The van der Waals surface area contributed by atoms with E-state index < -0.39 is 17.1 Å². The molecule has 0 N–H and O–H groups in total. The van der Waals surface area contributed by atoms with Crippen molar-refractivity contribution in [2.45, 2.75) is 77.6 Å². The quantitative estimate of drug-likeness (QED) is 0.438. The molecule has 2 atom stereocenters. The van der Waals surface area contributed by atoms with E-state index >= 15 is 0 Å². The van der Waals surface area contributed by atoms with Crippen molar-refractivity contribution in [3.05, 3.63) is 0 Å². The predicted molar refractivity (Wildman–Crippen MR) is 103 cm³/mol. The van der Waals surface area contributed by atoms with E-state index in [1.165, 1.54) is 0 Å². The monoisotopic (exact) mass is 378 g/mol. The van der Waals surface area contributed by atoms with Gasteiger partial charge in [-0.3, -0.25) is 4.79 Å². The number of hydrogen-bond donors (Lipinski definition) is 0. The molecule has 24 heavy (non-hydrogen) atoms. The first kappa shape index (κ1) is 23.8. The summed E-state index contributed by atoms with van der Waals surface area (Å²) < 4.78 is 22.6. The van der Waals surface area contributed by atoms with Gasteiger partial charge in [0.2, 0.25) is 0 Å². The molecule has 0 aromatic rings. The Morgan fingerprint density at radius 2 is 1.38 bits per heavy atom. The Bertz CT molecular complexity index is 347. The SMILES string of the molecule is CCC[Si](CCC)(OC(=O)C(C)C[Si](OC)(OC)OC)C(C)CC. The smallest absolute Gasteiger partial charge is 0.501 e. The van der Waals surface area contributed by atoms with Gasteiger partial charge in [0.25, 0.3) is 14.3 Å². The molecule has 0 aliphatic heterocycles. The second kappa shape index (κ2) is 11.4. The predicted octanol–water partition coefficient (Wildman–Crippen LogP) is 4.61. The van der Waals surface area contributed by atoms with Crippen LogP contribution in [0.3, 0.4) is 0 Å². The van der Waals surface area contributed by atoms with Crippen molar-refractivity contribution in [2.75, 3.05) is 21.3 Å². The average Bonchev–Trinajstić information content (AvgIpc) is 2.59. The summed E-state index contributed by atoms with van der Waals surface area (Å²) in [5.74, 6) is -0.409. The third-order valence-corrected chi connectivity index (χ3v) is 13.5. The molecule has 0 aromatic carbocycles. The molecule has 0 bridgehead atoms. The summed E-state index contributed by atoms with van der Waals surface area (Å²) in [6.07, 6.45) is 3.18. The summed E-state index contributed by atoms with van der Waals surface area (Å²) in [6.45, 7) is 10.7. The second-order valence-corrected chi connectivity index (χ2v) is 14.0. The lowest BCUT2D eigenvalue weighted by atomic mass is 10.2. The number of carbonyl (C=O) groups excluding carboxylic acids is 1. The molecule has 0 radical (unpaired) electrons. The highest BCUT2D eigenvalue weighted by Crippen LogP contribution is 2.36. The lowest BCUT2D eigenvalue weighted by Gasteiger charge is -2.37. The van der Waals surface area contributed by atoms with Crippen molar-refractivity contribution >= 4 is 23.1 Å². The maximum atomic E-state index is 12.8. The summed E-state index contributed by atoms with van der Waals surface area (Å²) in [6, 6.07) is 2.52. The molecule has 0 saturated heterocycles. The van der Waals surface area contributed by atoms with Crippen LogP contribution >= 0.6 is 0 Å². The zero-order valence-electron chi connectivity index (χ0n) is 16.9. The first-order valence-electron chi connectivity index (χ1n) is 9.18. The number of carbonyl (C=O) groups is 1. The molecule has 0 heterocycles. The Kier molecular flexibility index (Phi) is 11.3. The molecule has 2 unspecified atom stereocenters. The largest absolute Gasteiger partial charge is 0.519 e. The molecule has 0 aliphatic rings. The molecular formula is C17H38O5Si2. The third-order valence-electron chi connectivity index (χ3n) is 5.05. The molecular weight excluding hydrogens is 340 g/mol. The van der Waals surface area contributed by atoms with Crippen molar-refractivity contribution in [3.63, 3.8) is 0 Å². The standard InChI is InChI=1S/C17H38O5Si2/c1-9-12-23(13-10-2,16(5)11-3)22-17(18)15(4)14-24(19-6,20-7)21-8/h15-16H,9-14H2,1-8H3. The van der Waals surface area contributed by atoms with Crippen LogP contribution in [0.25, 0.3) is 0 Å². The van der Waals surface area contributed by atoms with Gasteiger partial charge in [-0.25, -0.2) is 0 Å². The highest BCUT2D eigenvalue weighted by molar-refractivity contribution is 6.76. The van der Waals surface area contributed by atoms with Crippen molar-refractivity contribution in [3.8, 4) is 0 Å². The maximum absolute atomic E-state index is 12.8. The normalized spacial score (nSPS) is 15.2. The Hall–Kier alpha value is -0.216. The highest BCUT2D eigenvalue weighted by Gasteiger charge is 2.45. The van der Waals surface area contributed by atoms with Gasteiger partial charge in [0, 0.05) is 27.4 Å². The summed E-state index contributed by atoms with van der Waals surface area (Å²) in [7, 11) is -0.145. The average molecular weight is 379 g/mol. The van der Waals surface area contributed by atoms with E-state index in [1.807, 2.05) is 6.92 Å². The van der Waals surface area contributed by atoms with E-state index in [1.54, 1.807) is 21.3 Å². The first-order chi connectivity index (χ1) is 11.3. The van der Waals surface area contributed by atoms with Crippen LogP contribution in [-0.4, -0.2) is 44.4 Å². The zero-order valence-corrected chi connectivity index (χ0v) is 18.9. The molecule has 0 saturated carbocycles. The molecule has 0 aromatic heterocycles. The van der Waals surface area contributed by atoms with Gasteiger partial charge in [-0.05, 0) is 17.6 Å². The van der Waals surface area contributed by atoms with Crippen LogP contribution in [-0.2, 0) is 22.5 Å². The van der Waals surface area contributed by atoms with Crippen LogP contribution in [0.5, 0.6) is 0 Å². The summed E-state index contributed by atoms with van der Waals surface area (Å²) in [5, 5.41) is 0. The van der Waals surface area contributed by atoms with Crippen LogP contribution < -0.4 is 0 Å². The van der Waals surface area contributed by atoms with Gasteiger partial charge in [0.15, 0.2) is 0 Å². The zero-order chi connectivity index (χ0) is 18.8. The van der Waals surface area contributed by atoms with E-state index in [9.17, 15) is 4.79 Å². The molecule has 5 nitrogen and oxygen atoms in total. The van der Waals surface area contributed by atoms with Crippen molar-refractivity contribution in [1.29, 1.82) is 0 Å². The van der Waals surface area contributed by atoms with Crippen molar-refractivity contribution < 1.29 is 22.5 Å². The van der Waals surface area contributed by atoms with E-state index in [0.29, 0.717) is 11.6 Å². The molecule has 0 rings (SSSR count). The fourth-order valence-corrected chi connectivity index (χ4v) is 9.89. The summed E-state index contributed by atoms with van der Waals surface area (Å²) in [5.41, 5.74) is 0.475. The topological polar surface area (TPSA) is 54.0 Å². The van der Waals surface area contributed by atoms with Crippen LogP contribution in [0.4, 0.5) is 0 Å². The Balaban J connectivity index is 5.22. The van der Waals surface area contributed by atoms with Crippen LogP contribution in [0.1, 0.15) is 53.9 Å². The lowest BCUT2D eigenvalue weighted by molar-refractivity contribution is -0.139. The van der Waals surface area contributed by atoms with Gasteiger partial charge in [-0.2, -0.15) is 0 Å². The maximum Gasteiger partial charge on any atom is 0.501 e. The van der Waals surface area contributed by atoms with E-state index in [0.717, 1.165) is 31.4 Å². The minimum absolute atomic E-state index is 0.119. The Morgan fingerprint density at radius 3 is 1.71 bits per heavy atom. The molecule has 7 heteroatoms. The van der Waals surface area contributed by atoms with Gasteiger partial charge in [0.05, 0.1) is 5.92 Å². The minimum Gasteiger partial charge on any atom is -0.519 e. The number of rotatable bonds is 13. The summed E-state index contributed by atoms with van der Waals surface area (Å²) >= 11 is 0. The van der Waals surface area contributed by atoms with Gasteiger partial charge < -0.3 is 17.7 Å². The first-order valence-corrected chi connectivity index (χ1v) is 13.5. The molecule has 0 aliphatic carbocycles. The molecule has 0 spiro atoms. The fraction of sp³-hybridized carbons (Fsp3) is 0.941. The third kappa shape index (κ3) is 6.26. The van der Waals surface area contributed by atoms with E-state index in [4.69, 9.17) is 17.7 Å². The van der Waals surface area contributed by atoms with Crippen LogP contribution in [0.2, 0.25) is 23.7 Å².